The van der Waals surface area contributed by atoms with Gasteiger partial charge in [-0.25, -0.2) is 4.98 Å². The quantitative estimate of drug-likeness (QED) is 0.590. The van der Waals surface area contributed by atoms with E-state index in [2.05, 4.69) is 4.98 Å². The van der Waals surface area contributed by atoms with Crippen LogP contribution in [0.5, 0.6) is 0 Å². The van der Waals surface area contributed by atoms with Crippen molar-refractivity contribution in [3.8, 4) is 0 Å². The molecule has 0 spiro atoms. The Bertz CT molecular complexity index is 875. The summed E-state index contributed by atoms with van der Waals surface area (Å²) in [6, 6.07) is 15.4. The van der Waals surface area contributed by atoms with E-state index >= 15 is 0 Å². The van der Waals surface area contributed by atoms with Gasteiger partial charge in [0.15, 0.2) is 0 Å². The summed E-state index contributed by atoms with van der Waals surface area (Å²) in [7, 11) is 1.67. The van der Waals surface area contributed by atoms with Crippen molar-refractivity contribution in [1.29, 1.82) is 0 Å². The maximum atomic E-state index is 12.5. The monoisotopic (exact) mass is 381 g/mol. The van der Waals surface area contributed by atoms with E-state index in [9.17, 15) is 13.2 Å². The van der Waals surface area contributed by atoms with Gasteiger partial charge in [0.2, 0.25) is 0 Å². The standard InChI is InChI=1S/C19H19ClF3N3/c1-25(10-9-19(21,22)23)13-18-24-16-11-15(20)7-8-17(16)26(18)12-14-5-3-2-4-6-14/h2-8,11H,9-10,12-13H2,1H3. The zero-order valence-corrected chi connectivity index (χ0v) is 15.1. The number of aromatic nitrogens is 2. The van der Waals surface area contributed by atoms with Crippen LogP contribution in [0.1, 0.15) is 17.8 Å². The van der Waals surface area contributed by atoms with Gasteiger partial charge in [-0.1, -0.05) is 41.9 Å². The van der Waals surface area contributed by atoms with Crippen LogP contribution in [-0.4, -0.2) is 34.2 Å². The molecule has 0 amide bonds. The van der Waals surface area contributed by atoms with Crippen molar-refractivity contribution in [2.24, 2.45) is 0 Å². The summed E-state index contributed by atoms with van der Waals surface area (Å²) < 4.78 is 39.4. The Labute approximate surface area is 155 Å². The molecule has 138 valence electrons. The largest absolute Gasteiger partial charge is 0.390 e. The molecule has 3 nitrogen and oxygen atoms in total. The summed E-state index contributed by atoms with van der Waals surface area (Å²) in [5.74, 6) is 0.718. The third kappa shape index (κ3) is 4.77. The van der Waals surface area contributed by atoms with E-state index < -0.39 is 12.6 Å². The van der Waals surface area contributed by atoms with E-state index in [1.165, 1.54) is 0 Å². The van der Waals surface area contributed by atoms with E-state index in [1.807, 2.05) is 41.0 Å². The summed E-state index contributed by atoms with van der Waals surface area (Å²) in [5, 5.41) is 0.582. The Morgan fingerprint density at radius 2 is 1.85 bits per heavy atom. The highest BCUT2D eigenvalue weighted by Crippen LogP contribution is 2.24. The molecule has 0 N–H and O–H groups in total. The van der Waals surface area contributed by atoms with Crippen molar-refractivity contribution >= 4 is 22.6 Å². The first-order valence-electron chi connectivity index (χ1n) is 8.26. The van der Waals surface area contributed by atoms with E-state index in [0.717, 1.165) is 22.4 Å². The molecule has 0 fully saturated rings. The van der Waals surface area contributed by atoms with Crippen molar-refractivity contribution < 1.29 is 13.2 Å². The Kier molecular flexibility index (Phi) is 5.53. The number of nitrogens with zero attached hydrogens (tertiary/aromatic N) is 3. The molecule has 1 aromatic heterocycles. The minimum Gasteiger partial charge on any atom is -0.322 e. The molecule has 26 heavy (non-hydrogen) atoms. The van der Waals surface area contributed by atoms with Crippen LogP contribution in [0.15, 0.2) is 48.5 Å². The third-order valence-electron chi connectivity index (χ3n) is 4.16. The Balaban J connectivity index is 1.89. The lowest BCUT2D eigenvalue weighted by Crippen LogP contribution is -2.25. The maximum absolute atomic E-state index is 12.5. The Morgan fingerprint density at radius 3 is 2.54 bits per heavy atom. The van der Waals surface area contributed by atoms with Gasteiger partial charge >= 0.3 is 6.18 Å². The van der Waals surface area contributed by atoms with Crippen molar-refractivity contribution in [2.45, 2.75) is 25.7 Å². The SMILES string of the molecule is CN(CCC(F)(F)F)Cc1nc2cc(Cl)ccc2n1Cc1ccccc1. The molecule has 0 radical (unpaired) electrons. The van der Waals surface area contributed by atoms with Crippen molar-refractivity contribution in [3.63, 3.8) is 0 Å². The summed E-state index contributed by atoms with van der Waals surface area (Å²) in [6.45, 7) is 0.857. The molecular formula is C19H19ClF3N3. The Hall–Kier alpha value is -2.05. The molecule has 0 atom stereocenters. The summed E-state index contributed by atoms with van der Waals surface area (Å²) in [5.41, 5.74) is 2.76. The molecule has 0 saturated heterocycles. The number of imidazole rings is 1. The lowest BCUT2D eigenvalue weighted by molar-refractivity contribution is -0.137. The molecule has 0 aliphatic heterocycles. The molecule has 1 heterocycles. The highest BCUT2D eigenvalue weighted by molar-refractivity contribution is 6.31. The highest BCUT2D eigenvalue weighted by Gasteiger charge is 2.27. The average Bonchev–Trinajstić information content (AvgIpc) is 2.90. The highest BCUT2D eigenvalue weighted by atomic mass is 35.5. The lowest BCUT2D eigenvalue weighted by Gasteiger charge is -2.18. The van der Waals surface area contributed by atoms with E-state index in [0.29, 0.717) is 18.1 Å². The number of hydrogen-bond donors (Lipinski definition) is 0. The Morgan fingerprint density at radius 1 is 1.12 bits per heavy atom. The fourth-order valence-electron chi connectivity index (χ4n) is 2.85. The molecule has 7 heteroatoms. The van der Waals surface area contributed by atoms with Gasteiger partial charge < -0.3 is 4.57 Å². The predicted molar refractivity (Wildman–Crippen MR) is 97.3 cm³/mol. The van der Waals surface area contributed by atoms with Crippen molar-refractivity contribution in [3.05, 3.63) is 64.9 Å². The number of halogens is 4. The topological polar surface area (TPSA) is 21.1 Å². The number of hydrogen-bond acceptors (Lipinski definition) is 2. The number of benzene rings is 2. The van der Waals surface area contributed by atoms with Crippen molar-refractivity contribution in [2.75, 3.05) is 13.6 Å². The van der Waals surface area contributed by atoms with Crippen LogP contribution in [0.25, 0.3) is 11.0 Å². The molecule has 0 aliphatic carbocycles. The first-order chi connectivity index (χ1) is 12.3. The molecular weight excluding hydrogens is 363 g/mol. The molecule has 0 aliphatic rings. The maximum Gasteiger partial charge on any atom is 0.390 e. The first kappa shape index (κ1) is 18.7. The minimum atomic E-state index is -4.16. The van der Waals surface area contributed by atoms with Gasteiger partial charge in [0, 0.05) is 18.1 Å². The molecule has 3 rings (SSSR count). The van der Waals surface area contributed by atoms with E-state index in [1.54, 1.807) is 24.1 Å². The fraction of sp³-hybridized carbons (Fsp3) is 0.316. The van der Waals surface area contributed by atoms with Crippen LogP contribution >= 0.6 is 11.6 Å². The second kappa shape index (κ2) is 7.68. The van der Waals surface area contributed by atoms with Gasteiger partial charge in [-0.2, -0.15) is 13.2 Å². The number of alkyl halides is 3. The van der Waals surface area contributed by atoms with Crippen LogP contribution in [0.2, 0.25) is 5.02 Å². The molecule has 0 unspecified atom stereocenters. The molecule has 0 bridgehead atoms. The zero-order valence-electron chi connectivity index (χ0n) is 14.3. The average molecular weight is 382 g/mol. The first-order valence-corrected chi connectivity index (χ1v) is 8.63. The van der Waals surface area contributed by atoms with E-state index in [-0.39, 0.29) is 6.54 Å². The van der Waals surface area contributed by atoms with Crippen LogP contribution < -0.4 is 0 Å². The van der Waals surface area contributed by atoms with Gasteiger partial charge in [-0.05, 0) is 30.8 Å². The summed E-state index contributed by atoms with van der Waals surface area (Å²) in [6.07, 6.45) is -5.00. The van der Waals surface area contributed by atoms with Gasteiger partial charge in [-0.15, -0.1) is 0 Å². The molecule has 0 saturated carbocycles. The summed E-state index contributed by atoms with van der Waals surface area (Å²) >= 11 is 6.06. The summed E-state index contributed by atoms with van der Waals surface area (Å²) in [4.78, 5) is 6.25. The lowest BCUT2D eigenvalue weighted by atomic mass is 10.2. The number of rotatable bonds is 6. The van der Waals surface area contributed by atoms with Crippen LogP contribution in [0.3, 0.4) is 0 Å². The van der Waals surface area contributed by atoms with Crippen molar-refractivity contribution in [1.82, 2.24) is 14.5 Å². The third-order valence-corrected chi connectivity index (χ3v) is 4.40. The van der Waals surface area contributed by atoms with Gasteiger partial charge in [-0.3, -0.25) is 4.90 Å². The molecule has 3 aromatic rings. The van der Waals surface area contributed by atoms with Gasteiger partial charge in [0.1, 0.15) is 5.82 Å². The predicted octanol–water partition coefficient (Wildman–Crippen LogP) is 5.12. The molecule has 2 aromatic carbocycles. The normalized spacial score (nSPS) is 12.2. The van der Waals surface area contributed by atoms with Crippen LogP contribution in [0, 0.1) is 0 Å². The van der Waals surface area contributed by atoms with Crippen LogP contribution in [0.4, 0.5) is 13.2 Å². The zero-order chi connectivity index (χ0) is 18.7. The van der Waals surface area contributed by atoms with Crippen LogP contribution in [-0.2, 0) is 13.1 Å². The van der Waals surface area contributed by atoms with E-state index in [4.69, 9.17) is 11.6 Å². The second-order valence-electron chi connectivity index (χ2n) is 6.34. The smallest absolute Gasteiger partial charge is 0.322 e. The fourth-order valence-corrected chi connectivity index (χ4v) is 3.02. The minimum absolute atomic E-state index is 0.0706. The van der Waals surface area contributed by atoms with Gasteiger partial charge in [0.05, 0.1) is 24.0 Å². The van der Waals surface area contributed by atoms with Gasteiger partial charge in [0.25, 0.3) is 0 Å². The second-order valence-corrected chi connectivity index (χ2v) is 6.77. The number of fused-ring (bicyclic) bond motifs is 1.